The molecule has 0 bridgehead atoms. The van der Waals surface area contributed by atoms with E-state index in [1.54, 1.807) is 6.07 Å². The molecule has 0 radical (unpaired) electrons. The predicted octanol–water partition coefficient (Wildman–Crippen LogP) is 3.86. The Morgan fingerprint density at radius 2 is 1.95 bits per heavy atom. The molecule has 0 saturated carbocycles. The summed E-state index contributed by atoms with van der Waals surface area (Å²) in [5.74, 6) is -0.607. The molecule has 2 aromatic carbocycles. The van der Waals surface area contributed by atoms with Crippen molar-refractivity contribution in [3.63, 3.8) is 0 Å². The summed E-state index contributed by atoms with van der Waals surface area (Å²) < 4.78 is 0.927. The summed E-state index contributed by atoms with van der Waals surface area (Å²) in [6.07, 6.45) is 1.45. The maximum atomic E-state index is 12.5. The molecule has 0 aliphatic heterocycles. The number of hydrogen-bond acceptors (Lipinski definition) is 3. The zero-order valence-corrected chi connectivity index (χ0v) is 11.8. The Bertz CT molecular complexity index is 852. The van der Waals surface area contributed by atoms with Gasteiger partial charge in [-0.2, -0.15) is 10.5 Å². The van der Waals surface area contributed by atoms with Crippen molar-refractivity contribution in [3.05, 3.63) is 57.6 Å². The number of hydrogen-bond donors (Lipinski definition) is 0. The molecule has 0 fully saturated rings. The molecule has 1 unspecified atom stereocenters. The molecule has 0 amide bonds. The van der Waals surface area contributed by atoms with E-state index in [9.17, 15) is 4.79 Å². The first-order chi connectivity index (χ1) is 9.67. The topological polar surface area (TPSA) is 64.7 Å². The smallest absolute Gasteiger partial charge is 0.174 e. The first kappa shape index (κ1) is 12.6. The number of rotatable bonds is 1. The van der Waals surface area contributed by atoms with Crippen molar-refractivity contribution in [2.45, 2.75) is 5.92 Å². The Morgan fingerprint density at radius 3 is 2.65 bits per heavy atom. The maximum Gasteiger partial charge on any atom is 0.174 e. The average molecular weight is 323 g/mol. The molecule has 0 N–H and O–H groups in total. The minimum absolute atomic E-state index is 0.0350. The highest BCUT2D eigenvalue weighted by atomic mass is 79.9. The lowest BCUT2D eigenvalue weighted by atomic mass is 9.97. The van der Waals surface area contributed by atoms with Gasteiger partial charge in [-0.3, -0.25) is 4.79 Å². The van der Waals surface area contributed by atoms with Crippen LogP contribution in [0.5, 0.6) is 0 Å². The van der Waals surface area contributed by atoms with Gasteiger partial charge in [0.15, 0.2) is 5.78 Å². The van der Waals surface area contributed by atoms with Crippen molar-refractivity contribution in [2.24, 2.45) is 0 Å². The molecule has 4 heteroatoms. The van der Waals surface area contributed by atoms with Gasteiger partial charge in [-0.25, -0.2) is 0 Å². The first-order valence-electron chi connectivity index (χ1n) is 5.94. The molecule has 0 spiro atoms. The van der Waals surface area contributed by atoms with Gasteiger partial charge in [0, 0.05) is 10.0 Å². The maximum absolute atomic E-state index is 12.5. The van der Waals surface area contributed by atoms with Gasteiger partial charge in [0.25, 0.3) is 0 Å². The number of carbonyl (C=O) groups excluding carboxylic acids is 1. The molecule has 20 heavy (non-hydrogen) atoms. The number of allylic oxidation sites excluding steroid dienone is 2. The van der Waals surface area contributed by atoms with E-state index in [1.165, 1.54) is 6.08 Å². The molecule has 1 atom stereocenters. The molecule has 94 valence electrons. The van der Waals surface area contributed by atoms with Crippen molar-refractivity contribution in [2.75, 3.05) is 0 Å². The summed E-state index contributed by atoms with van der Waals surface area (Å²) in [6, 6.07) is 12.9. The fourth-order valence-corrected chi connectivity index (χ4v) is 3.07. The van der Waals surface area contributed by atoms with Crippen LogP contribution < -0.4 is 0 Å². The normalized spacial score (nSPS) is 15.8. The van der Waals surface area contributed by atoms with Gasteiger partial charge in [-0.05, 0) is 28.5 Å². The molecule has 0 aromatic heterocycles. The highest BCUT2D eigenvalue weighted by molar-refractivity contribution is 9.10. The first-order valence-corrected chi connectivity index (χ1v) is 6.74. The third-order valence-electron chi connectivity index (χ3n) is 3.48. The van der Waals surface area contributed by atoms with Crippen molar-refractivity contribution < 1.29 is 4.79 Å². The lowest BCUT2D eigenvalue weighted by Gasteiger charge is -2.05. The lowest BCUT2D eigenvalue weighted by molar-refractivity contribution is 0.0984. The molecular weight excluding hydrogens is 316 g/mol. The van der Waals surface area contributed by atoms with E-state index in [2.05, 4.69) is 15.9 Å². The SMILES string of the molecule is N#CC(C#N)=CC1C(=O)c2cccc3c(Br)ccc1c23. The molecule has 2 aromatic rings. The zero-order chi connectivity index (χ0) is 14.3. The molecule has 1 aliphatic rings. The van der Waals surface area contributed by atoms with Gasteiger partial charge >= 0.3 is 0 Å². The second-order valence-corrected chi connectivity index (χ2v) is 5.36. The van der Waals surface area contributed by atoms with E-state index in [0.29, 0.717) is 5.56 Å². The quantitative estimate of drug-likeness (QED) is 0.749. The van der Waals surface area contributed by atoms with Gasteiger partial charge in [-0.15, -0.1) is 0 Å². The van der Waals surface area contributed by atoms with E-state index in [4.69, 9.17) is 10.5 Å². The predicted molar refractivity (Wildman–Crippen MR) is 78.0 cm³/mol. The van der Waals surface area contributed by atoms with Crippen LogP contribution in [0.25, 0.3) is 10.8 Å². The van der Waals surface area contributed by atoms with Crippen molar-refractivity contribution in [3.8, 4) is 12.1 Å². The number of Topliss-reactive ketones (excluding diaryl/α,β-unsaturated/α-hetero) is 1. The molecule has 1 aliphatic carbocycles. The van der Waals surface area contributed by atoms with Crippen LogP contribution in [0.4, 0.5) is 0 Å². The van der Waals surface area contributed by atoms with Crippen molar-refractivity contribution in [1.29, 1.82) is 10.5 Å². The van der Waals surface area contributed by atoms with Gasteiger partial charge in [0.1, 0.15) is 17.7 Å². The molecule has 3 nitrogen and oxygen atoms in total. The Hall–Kier alpha value is -2.43. The van der Waals surface area contributed by atoms with Crippen LogP contribution in [0.15, 0.2) is 46.5 Å². The third-order valence-corrected chi connectivity index (χ3v) is 4.17. The number of nitrogens with zero attached hydrogens (tertiary/aromatic N) is 2. The summed E-state index contributed by atoms with van der Waals surface area (Å²) in [6.45, 7) is 0. The number of halogens is 1. The van der Waals surface area contributed by atoms with Crippen LogP contribution in [0.1, 0.15) is 21.8 Å². The Labute approximate surface area is 123 Å². The zero-order valence-electron chi connectivity index (χ0n) is 10.2. The molecule has 3 rings (SSSR count). The van der Waals surface area contributed by atoms with E-state index in [1.807, 2.05) is 36.4 Å². The van der Waals surface area contributed by atoms with Crippen LogP contribution >= 0.6 is 15.9 Å². The molecule has 0 saturated heterocycles. The van der Waals surface area contributed by atoms with Crippen LogP contribution in [0, 0.1) is 22.7 Å². The van der Waals surface area contributed by atoms with Gasteiger partial charge < -0.3 is 0 Å². The fraction of sp³-hybridized carbons (Fsp3) is 0.0625. The number of ketones is 1. The van der Waals surface area contributed by atoms with Crippen LogP contribution in [0.3, 0.4) is 0 Å². The van der Waals surface area contributed by atoms with E-state index in [0.717, 1.165) is 20.8 Å². The average Bonchev–Trinajstić information content (AvgIpc) is 2.74. The van der Waals surface area contributed by atoms with Gasteiger partial charge in [0.05, 0.1) is 5.92 Å². The standard InChI is InChI=1S/C16H7BrN2O/c17-14-5-4-10-13(6-9(7-18)8-19)16(20)12-3-1-2-11(14)15(10)12/h1-6,13H. The van der Waals surface area contributed by atoms with Gasteiger partial charge in [-0.1, -0.05) is 40.2 Å². The van der Waals surface area contributed by atoms with Crippen molar-refractivity contribution >= 4 is 32.5 Å². The number of benzene rings is 2. The van der Waals surface area contributed by atoms with Crippen LogP contribution in [-0.4, -0.2) is 5.78 Å². The third kappa shape index (κ3) is 1.66. The highest BCUT2D eigenvalue weighted by Gasteiger charge is 2.31. The largest absolute Gasteiger partial charge is 0.293 e. The van der Waals surface area contributed by atoms with Crippen LogP contribution in [-0.2, 0) is 0 Å². The minimum Gasteiger partial charge on any atom is -0.293 e. The summed E-state index contributed by atoms with van der Waals surface area (Å²) in [5.41, 5.74) is 1.47. The van der Waals surface area contributed by atoms with Crippen molar-refractivity contribution in [1.82, 2.24) is 0 Å². The fourth-order valence-electron chi connectivity index (χ4n) is 2.60. The monoisotopic (exact) mass is 322 g/mol. The second kappa shape index (κ2) is 4.59. The number of nitriles is 2. The Morgan fingerprint density at radius 1 is 1.20 bits per heavy atom. The minimum atomic E-state index is -0.544. The van der Waals surface area contributed by atoms with E-state index < -0.39 is 5.92 Å². The van der Waals surface area contributed by atoms with E-state index >= 15 is 0 Å². The summed E-state index contributed by atoms with van der Waals surface area (Å²) in [4.78, 5) is 12.5. The lowest BCUT2D eigenvalue weighted by Crippen LogP contribution is -2.03. The second-order valence-electron chi connectivity index (χ2n) is 4.51. The van der Waals surface area contributed by atoms with Crippen LogP contribution in [0.2, 0.25) is 0 Å². The summed E-state index contributed by atoms with van der Waals surface area (Å²) in [5, 5.41) is 19.6. The highest BCUT2D eigenvalue weighted by Crippen LogP contribution is 2.41. The summed E-state index contributed by atoms with van der Waals surface area (Å²) >= 11 is 3.48. The van der Waals surface area contributed by atoms with E-state index in [-0.39, 0.29) is 11.4 Å². The Balaban J connectivity index is 2.31. The van der Waals surface area contributed by atoms with Gasteiger partial charge in [0.2, 0.25) is 0 Å². The molecule has 0 heterocycles. The number of carbonyl (C=O) groups is 1. The Kier molecular flexibility index (Phi) is 2.89. The summed E-state index contributed by atoms with van der Waals surface area (Å²) in [7, 11) is 0. The molecular formula is C16H7BrN2O.